The summed E-state index contributed by atoms with van der Waals surface area (Å²) in [5, 5.41) is 10.9. The van der Waals surface area contributed by atoms with Crippen LogP contribution in [0.5, 0.6) is 5.75 Å². The molecule has 0 radical (unpaired) electrons. The minimum atomic E-state index is -0.537. The number of amides is 1. The Balaban J connectivity index is 1.59. The molecule has 1 amide bonds. The number of nitrogens with zero attached hydrogens (tertiary/aromatic N) is 2. The fourth-order valence-electron chi connectivity index (χ4n) is 3.00. The Hall–Kier alpha value is -3.68. The summed E-state index contributed by atoms with van der Waals surface area (Å²) < 4.78 is 10.3. The summed E-state index contributed by atoms with van der Waals surface area (Å²) in [4.78, 5) is 36.3. The summed E-state index contributed by atoms with van der Waals surface area (Å²) in [7, 11) is 1.43. The van der Waals surface area contributed by atoms with E-state index in [0.717, 1.165) is 5.56 Å². The number of carbonyl (C=O) groups excluding carboxylic acids is 2. The molecule has 0 atom stereocenters. The maximum Gasteiger partial charge on any atom is 0.307 e. The lowest BCUT2D eigenvalue weighted by atomic mass is 10.1. The van der Waals surface area contributed by atoms with E-state index in [0.29, 0.717) is 22.6 Å². The first-order valence-corrected chi connectivity index (χ1v) is 8.49. The normalized spacial score (nSPS) is 12.7. The number of non-ortho nitro benzene ring substituents is 1. The lowest BCUT2D eigenvalue weighted by Gasteiger charge is -2.17. The SMILES string of the molecule is C=C1c2ccccc2C(=O)N1CCC(=O)OCc1cc([N+](=O)[O-])ccc1OC. The van der Waals surface area contributed by atoms with E-state index in [1.807, 2.05) is 12.1 Å². The van der Waals surface area contributed by atoms with Crippen molar-refractivity contribution in [2.75, 3.05) is 13.7 Å². The second-order valence-corrected chi connectivity index (χ2v) is 6.11. The van der Waals surface area contributed by atoms with Crippen LogP contribution in [0.25, 0.3) is 5.70 Å². The molecule has 0 N–H and O–H groups in total. The number of carbonyl (C=O) groups is 2. The number of rotatable bonds is 7. The van der Waals surface area contributed by atoms with E-state index in [4.69, 9.17) is 9.47 Å². The molecule has 3 rings (SSSR count). The second kappa shape index (κ2) is 7.91. The average molecular weight is 382 g/mol. The van der Waals surface area contributed by atoms with E-state index in [-0.39, 0.29) is 31.2 Å². The summed E-state index contributed by atoms with van der Waals surface area (Å²) in [6.07, 6.45) is -0.0318. The van der Waals surface area contributed by atoms with Gasteiger partial charge in [0.2, 0.25) is 0 Å². The number of ether oxygens (including phenoxy) is 2. The van der Waals surface area contributed by atoms with Gasteiger partial charge < -0.3 is 14.4 Å². The molecule has 0 saturated heterocycles. The van der Waals surface area contributed by atoms with Gasteiger partial charge in [-0.05, 0) is 12.1 Å². The van der Waals surface area contributed by atoms with Crippen molar-refractivity contribution in [3.63, 3.8) is 0 Å². The molecule has 1 aliphatic rings. The van der Waals surface area contributed by atoms with Crippen molar-refractivity contribution in [1.29, 1.82) is 0 Å². The van der Waals surface area contributed by atoms with Gasteiger partial charge in [0.05, 0.1) is 18.5 Å². The van der Waals surface area contributed by atoms with Crippen LogP contribution in [0.1, 0.15) is 27.9 Å². The number of fused-ring (bicyclic) bond motifs is 1. The van der Waals surface area contributed by atoms with Gasteiger partial charge in [0.25, 0.3) is 11.6 Å². The zero-order valence-corrected chi connectivity index (χ0v) is 15.2. The maximum atomic E-state index is 12.4. The van der Waals surface area contributed by atoms with E-state index in [9.17, 15) is 19.7 Å². The van der Waals surface area contributed by atoms with Crippen LogP contribution >= 0.6 is 0 Å². The molecule has 0 aliphatic carbocycles. The predicted octanol–water partition coefficient (Wildman–Crippen LogP) is 3.16. The predicted molar refractivity (Wildman–Crippen MR) is 101 cm³/mol. The number of methoxy groups -OCH3 is 1. The van der Waals surface area contributed by atoms with Crippen LogP contribution in [0.4, 0.5) is 5.69 Å². The van der Waals surface area contributed by atoms with E-state index in [1.165, 1.54) is 30.2 Å². The van der Waals surface area contributed by atoms with E-state index in [1.54, 1.807) is 12.1 Å². The first kappa shape index (κ1) is 19.1. The quantitative estimate of drug-likeness (QED) is 0.414. The van der Waals surface area contributed by atoms with E-state index >= 15 is 0 Å². The molecule has 2 aromatic carbocycles. The third-order valence-electron chi connectivity index (χ3n) is 4.44. The van der Waals surface area contributed by atoms with Crippen molar-refractivity contribution < 1.29 is 24.0 Å². The highest BCUT2D eigenvalue weighted by molar-refractivity contribution is 6.08. The number of benzene rings is 2. The highest BCUT2D eigenvalue weighted by Crippen LogP contribution is 2.31. The molecule has 2 aromatic rings. The number of nitro benzene ring substituents is 1. The molecule has 0 unspecified atom stereocenters. The molecule has 0 bridgehead atoms. The fourth-order valence-corrected chi connectivity index (χ4v) is 3.00. The van der Waals surface area contributed by atoms with Gasteiger partial charge in [-0.2, -0.15) is 0 Å². The standard InChI is InChI=1S/C20H18N2O6/c1-13-16-5-3-4-6-17(16)20(24)21(13)10-9-19(23)28-12-14-11-15(22(25)26)7-8-18(14)27-2/h3-8,11H,1,9-10,12H2,2H3. The number of hydrogen-bond acceptors (Lipinski definition) is 6. The third kappa shape index (κ3) is 3.71. The molecule has 0 aromatic heterocycles. The minimum absolute atomic E-state index is 0.0318. The molecule has 8 nitrogen and oxygen atoms in total. The molecular formula is C20H18N2O6. The topological polar surface area (TPSA) is 99.0 Å². The van der Waals surface area contributed by atoms with Gasteiger partial charge in [0, 0.05) is 41.1 Å². The van der Waals surface area contributed by atoms with Crippen molar-refractivity contribution in [3.8, 4) is 5.75 Å². The number of hydrogen-bond donors (Lipinski definition) is 0. The Morgan fingerprint density at radius 3 is 2.57 bits per heavy atom. The Morgan fingerprint density at radius 1 is 1.21 bits per heavy atom. The summed E-state index contributed by atoms with van der Waals surface area (Å²) >= 11 is 0. The highest BCUT2D eigenvalue weighted by Gasteiger charge is 2.30. The van der Waals surface area contributed by atoms with Crippen LogP contribution in [0.2, 0.25) is 0 Å². The van der Waals surface area contributed by atoms with Crippen LogP contribution in [-0.2, 0) is 16.1 Å². The molecule has 0 spiro atoms. The fraction of sp³-hybridized carbons (Fsp3) is 0.200. The Labute approximate surface area is 161 Å². The Morgan fingerprint density at radius 2 is 1.93 bits per heavy atom. The molecule has 0 fully saturated rings. The molecule has 28 heavy (non-hydrogen) atoms. The van der Waals surface area contributed by atoms with Crippen molar-refractivity contribution in [2.24, 2.45) is 0 Å². The van der Waals surface area contributed by atoms with Crippen molar-refractivity contribution in [3.05, 3.63) is 75.8 Å². The summed E-state index contributed by atoms with van der Waals surface area (Å²) in [6, 6.07) is 11.2. The Kier molecular flexibility index (Phi) is 5.39. The van der Waals surface area contributed by atoms with Crippen LogP contribution in [0, 0.1) is 10.1 Å². The molecule has 0 saturated carbocycles. The van der Waals surface area contributed by atoms with Gasteiger partial charge in [-0.3, -0.25) is 19.7 Å². The molecular weight excluding hydrogens is 364 g/mol. The summed E-state index contributed by atoms with van der Waals surface area (Å²) in [5.74, 6) is -0.351. The lowest BCUT2D eigenvalue weighted by molar-refractivity contribution is -0.385. The smallest absolute Gasteiger partial charge is 0.307 e. The first-order valence-electron chi connectivity index (χ1n) is 8.49. The van der Waals surface area contributed by atoms with Crippen LogP contribution in [-0.4, -0.2) is 35.4 Å². The summed E-state index contributed by atoms with van der Waals surface area (Å²) in [5.41, 5.74) is 2.13. The van der Waals surface area contributed by atoms with Gasteiger partial charge in [-0.1, -0.05) is 24.8 Å². The van der Waals surface area contributed by atoms with Gasteiger partial charge >= 0.3 is 5.97 Å². The van der Waals surface area contributed by atoms with Crippen molar-refractivity contribution >= 4 is 23.3 Å². The molecule has 1 heterocycles. The van der Waals surface area contributed by atoms with Crippen LogP contribution in [0.3, 0.4) is 0 Å². The van der Waals surface area contributed by atoms with Crippen LogP contribution in [0.15, 0.2) is 49.0 Å². The van der Waals surface area contributed by atoms with Crippen molar-refractivity contribution in [1.82, 2.24) is 4.90 Å². The zero-order valence-electron chi connectivity index (χ0n) is 15.2. The zero-order chi connectivity index (χ0) is 20.3. The second-order valence-electron chi connectivity index (χ2n) is 6.11. The van der Waals surface area contributed by atoms with Crippen molar-refractivity contribution in [2.45, 2.75) is 13.0 Å². The van der Waals surface area contributed by atoms with Gasteiger partial charge in [-0.25, -0.2) is 0 Å². The number of nitro groups is 1. The van der Waals surface area contributed by atoms with Gasteiger partial charge in [0.1, 0.15) is 12.4 Å². The van der Waals surface area contributed by atoms with Gasteiger partial charge in [0.15, 0.2) is 0 Å². The summed E-state index contributed by atoms with van der Waals surface area (Å²) in [6.45, 7) is 3.89. The minimum Gasteiger partial charge on any atom is -0.496 e. The number of esters is 1. The lowest BCUT2D eigenvalue weighted by Crippen LogP contribution is -2.26. The van der Waals surface area contributed by atoms with Crippen LogP contribution < -0.4 is 4.74 Å². The monoisotopic (exact) mass is 382 g/mol. The molecule has 144 valence electrons. The largest absolute Gasteiger partial charge is 0.496 e. The molecule has 8 heteroatoms. The third-order valence-corrected chi connectivity index (χ3v) is 4.44. The Bertz CT molecular complexity index is 934. The first-order chi connectivity index (χ1) is 13.4. The maximum absolute atomic E-state index is 12.4. The van der Waals surface area contributed by atoms with E-state index < -0.39 is 10.9 Å². The average Bonchev–Trinajstić information content (AvgIpc) is 2.95. The highest BCUT2D eigenvalue weighted by atomic mass is 16.6. The molecule has 1 aliphatic heterocycles. The van der Waals surface area contributed by atoms with Gasteiger partial charge in [-0.15, -0.1) is 0 Å². The van der Waals surface area contributed by atoms with E-state index in [2.05, 4.69) is 6.58 Å².